The fraction of sp³-hybridized carbons (Fsp3) is 0.667. The molecule has 126 valence electrons. The predicted molar refractivity (Wildman–Crippen MR) is 93.0 cm³/mol. The Balaban J connectivity index is 1.72. The molecule has 0 N–H and O–H groups in total. The Morgan fingerprint density at radius 1 is 0.957 bits per heavy atom. The molecule has 5 heteroatoms. The average Bonchev–Trinajstić information content (AvgIpc) is 3.04. The Morgan fingerprint density at radius 2 is 1.52 bits per heavy atom. The zero-order chi connectivity index (χ0) is 16.4. The van der Waals surface area contributed by atoms with E-state index in [1.54, 1.807) is 6.07 Å². The highest BCUT2D eigenvalue weighted by Crippen LogP contribution is 2.25. The molecule has 2 amide bonds. The van der Waals surface area contributed by atoms with E-state index in [0.29, 0.717) is 22.5 Å². The number of piperidine rings is 2. The van der Waals surface area contributed by atoms with Crippen LogP contribution in [0.25, 0.3) is 0 Å². The number of nitrogens with zero attached hydrogens (tertiary/aromatic N) is 2. The highest BCUT2D eigenvalue weighted by Gasteiger charge is 2.28. The first-order valence-electron chi connectivity index (χ1n) is 8.78. The van der Waals surface area contributed by atoms with Crippen LogP contribution in [0.15, 0.2) is 11.4 Å². The first-order chi connectivity index (χ1) is 11.1. The standard InChI is InChI=1S/C18H26N2O2S/c1-13-7-3-5-9-19(13)17(21)15-11-16(23-12-15)18(22)20-10-6-4-8-14(20)2/h11-14H,3-10H2,1-2H3/t13-,14-/m1/s1. The van der Waals surface area contributed by atoms with Crippen molar-refractivity contribution in [3.05, 3.63) is 21.9 Å². The maximum atomic E-state index is 12.7. The van der Waals surface area contributed by atoms with Gasteiger partial charge in [0.1, 0.15) is 0 Å². The van der Waals surface area contributed by atoms with E-state index < -0.39 is 0 Å². The molecule has 2 aliphatic rings. The number of rotatable bonds is 2. The molecular weight excluding hydrogens is 308 g/mol. The number of amides is 2. The van der Waals surface area contributed by atoms with Crippen molar-refractivity contribution in [1.82, 2.24) is 9.80 Å². The number of carbonyl (C=O) groups excluding carboxylic acids is 2. The molecule has 1 aromatic heterocycles. The molecular formula is C18H26N2O2S. The fourth-order valence-corrected chi connectivity index (χ4v) is 4.50. The lowest BCUT2D eigenvalue weighted by molar-refractivity contribution is 0.0636. The van der Waals surface area contributed by atoms with Crippen molar-refractivity contribution >= 4 is 23.2 Å². The molecule has 2 atom stereocenters. The number of thiophene rings is 1. The van der Waals surface area contributed by atoms with Crippen LogP contribution in [0, 0.1) is 0 Å². The van der Waals surface area contributed by atoms with Crippen LogP contribution in [-0.2, 0) is 0 Å². The molecule has 2 saturated heterocycles. The molecule has 2 aliphatic heterocycles. The summed E-state index contributed by atoms with van der Waals surface area (Å²) in [6.45, 7) is 5.91. The summed E-state index contributed by atoms with van der Waals surface area (Å²) in [4.78, 5) is 30.0. The van der Waals surface area contributed by atoms with Crippen molar-refractivity contribution in [3.8, 4) is 0 Å². The molecule has 0 saturated carbocycles. The lowest BCUT2D eigenvalue weighted by atomic mass is 10.0. The van der Waals surface area contributed by atoms with Crippen molar-refractivity contribution in [1.29, 1.82) is 0 Å². The van der Waals surface area contributed by atoms with Crippen molar-refractivity contribution in [2.45, 2.75) is 64.5 Å². The zero-order valence-corrected chi connectivity index (χ0v) is 14.9. The second-order valence-electron chi connectivity index (χ2n) is 6.89. The van der Waals surface area contributed by atoms with E-state index in [2.05, 4.69) is 13.8 Å². The molecule has 1 aromatic rings. The Morgan fingerprint density at radius 3 is 2.09 bits per heavy atom. The van der Waals surface area contributed by atoms with Gasteiger partial charge < -0.3 is 9.80 Å². The smallest absolute Gasteiger partial charge is 0.264 e. The lowest BCUT2D eigenvalue weighted by Crippen LogP contribution is -2.42. The van der Waals surface area contributed by atoms with Crippen LogP contribution in [0.5, 0.6) is 0 Å². The topological polar surface area (TPSA) is 40.6 Å². The van der Waals surface area contributed by atoms with Gasteiger partial charge in [0.15, 0.2) is 0 Å². The van der Waals surface area contributed by atoms with E-state index in [1.807, 2.05) is 15.2 Å². The molecule has 0 aromatic carbocycles. The van der Waals surface area contributed by atoms with Crippen LogP contribution in [0.4, 0.5) is 0 Å². The van der Waals surface area contributed by atoms with Crippen LogP contribution >= 0.6 is 11.3 Å². The summed E-state index contributed by atoms with van der Waals surface area (Å²) in [6, 6.07) is 2.41. The van der Waals surface area contributed by atoms with E-state index in [9.17, 15) is 9.59 Å². The first kappa shape index (κ1) is 16.5. The van der Waals surface area contributed by atoms with E-state index >= 15 is 0 Å². The van der Waals surface area contributed by atoms with Crippen molar-refractivity contribution in [3.63, 3.8) is 0 Å². The number of hydrogen-bond donors (Lipinski definition) is 0. The van der Waals surface area contributed by atoms with Crippen LogP contribution in [0.3, 0.4) is 0 Å². The minimum absolute atomic E-state index is 0.0826. The van der Waals surface area contributed by atoms with Gasteiger partial charge in [0, 0.05) is 30.6 Å². The van der Waals surface area contributed by atoms with Gasteiger partial charge in [-0.3, -0.25) is 9.59 Å². The molecule has 3 heterocycles. The van der Waals surface area contributed by atoms with E-state index in [0.717, 1.165) is 38.8 Å². The first-order valence-corrected chi connectivity index (χ1v) is 9.66. The third-order valence-electron chi connectivity index (χ3n) is 5.18. The van der Waals surface area contributed by atoms with Crippen molar-refractivity contribution in [2.75, 3.05) is 13.1 Å². The van der Waals surface area contributed by atoms with Crippen molar-refractivity contribution in [2.24, 2.45) is 0 Å². The van der Waals surface area contributed by atoms with Gasteiger partial charge in [-0.25, -0.2) is 0 Å². The highest BCUT2D eigenvalue weighted by atomic mass is 32.1. The maximum absolute atomic E-state index is 12.7. The molecule has 2 fully saturated rings. The largest absolute Gasteiger partial charge is 0.336 e. The number of likely N-dealkylation sites (tertiary alicyclic amines) is 2. The summed E-state index contributed by atoms with van der Waals surface area (Å²) in [7, 11) is 0. The molecule has 4 nitrogen and oxygen atoms in total. The second-order valence-corrected chi connectivity index (χ2v) is 7.80. The van der Waals surface area contributed by atoms with Gasteiger partial charge in [0.25, 0.3) is 11.8 Å². The van der Waals surface area contributed by atoms with Gasteiger partial charge in [-0.1, -0.05) is 0 Å². The highest BCUT2D eigenvalue weighted by molar-refractivity contribution is 7.12. The molecule has 3 rings (SSSR count). The second kappa shape index (κ2) is 7.04. The summed E-state index contributed by atoms with van der Waals surface area (Å²) in [5.74, 6) is 0.173. The quantitative estimate of drug-likeness (QED) is 0.826. The third kappa shape index (κ3) is 3.44. The molecule has 0 spiro atoms. The third-order valence-corrected chi connectivity index (χ3v) is 6.10. The predicted octanol–water partition coefficient (Wildman–Crippen LogP) is 3.78. The normalized spacial score (nSPS) is 25.5. The van der Waals surface area contributed by atoms with E-state index in [-0.39, 0.29) is 11.8 Å². The van der Waals surface area contributed by atoms with Crippen LogP contribution < -0.4 is 0 Å². The lowest BCUT2D eigenvalue weighted by Gasteiger charge is -2.33. The molecule has 0 radical (unpaired) electrons. The molecule has 0 aliphatic carbocycles. The average molecular weight is 334 g/mol. The SMILES string of the molecule is C[C@@H]1CCCCN1C(=O)c1csc(C(=O)N2CCCC[C@H]2C)c1. The minimum atomic E-state index is 0.0826. The molecule has 23 heavy (non-hydrogen) atoms. The Hall–Kier alpha value is -1.36. The summed E-state index contributed by atoms with van der Waals surface area (Å²) < 4.78 is 0. The summed E-state index contributed by atoms with van der Waals surface area (Å²) in [5.41, 5.74) is 0.678. The Bertz CT molecular complexity index is 535. The van der Waals surface area contributed by atoms with Gasteiger partial charge >= 0.3 is 0 Å². The van der Waals surface area contributed by atoms with Gasteiger partial charge in [0.05, 0.1) is 10.4 Å². The van der Waals surface area contributed by atoms with Crippen LogP contribution in [-0.4, -0.2) is 46.8 Å². The Labute approximate surface area is 142 Å². The summed E-state index contributed by atoms with van der Waals surface area (Å²) in [6.07, 6.45) is 6.72. The number of carbonyl (C=O) groups is 2. The maximum Gasteiger partial charge on any atom is 0.264 e. The summed E-state index contributed by atoms with van der Waals surface area (Å²) >= 11 is 1.41. The van der Waals surface area contributed by atoms with Gasteiger partial charge in [-0.2, -0.15) is 0 Å². The van der Waals surface area contributed by atoms with Gasteiger partial charge in [-0.15, -0.1) is 11.3 Å². The minimum Gasteiger partial charge on any atom is -0.336 e. The van der Waals surface area contributed by atoms with E-state index in [4.69, 9.17) is 0 Å². The van der Waals surface area contributed by atoms with E-state index in [1.165, 1.54) is 24.2 Å². The number of hydrogen-bond acceptors (Lipinski definition) is 3. The van der Waals surface area contributed by atoms with Gasteiger partial charge in [0.2, 0.25) is 0 Å². The van der Waals surface area contributed by atoms with Crippen LogP contribution in [0.2, 0.25) is 0 Å². The van der Waals surface area contributed by atoms with Crippen LogP contribution in [0.1, 0.15) is 72.4 Å². The summed E-state index contributed by atoms with van der Waals surface area (Å²) in [5, 5.41) is 1.85. The van der Waals surface area contributed by atoms with Gasteiger partial charge in [-0.05, 0) is 58.4 Å². The fourth-order valence-electron chi connectivity index (χ4n) is 3.67. The monoisotopic (exact) mass is 334 g/mol. The molecule has 0 bridgehead atoms. The molecule has 0 unspecified atom stereocenters. The zero-order valence-electron chi connectivity index (χ0n) is 14.1. The van der Waals surface area contributed by atoms with Crippen molar-refractivity contribution < 1.29 is 9.59 Å². The Kier molecular flexibility index (Phi) is 5.05.